The second kappa shape index (κ2) is 12.8. The molecule has 0 amide bonds. The fraction of sp³-hybridized carbons (Fsp3) is 0.414. The summed E-state index contributed by atoms with van der Waals surface area (Å²) in [5, 5.41) is 15.6. The maximum atomic E-state index is 13.6. The molecule has 1 fully saturated rings. The topological polar surface area (TPSA) is 59.8 Å². The van der Waals surface area contributed by atoms with E-state index in [9.17, 15) is 9.50 Å². The molecule has 7 heteroatoms. The van der Waals surface area contributed by atoms with Gasteiger partial charge in [-0.1, -0.05) is 31.2 Å². The third-order valence-corrected chi connectivity index (χ3v) is 6.42. The van der Waals surface area contributed by atoms with Crippen molar-refractivity contribution in [1.29, 1.82) is 0 Å². The number of benzene rings is 2. The number of halogens is 1. The lowest BCUT2D eigenvalue weighted by Gasteiger charge is -2.27. The van der Waals surface area contributed by atoms with E-state index < -0.39 is 6.10 Å². The van der Waals surface area contributed by atoms with E-state index in [0.717, 1.165) is 55.8 Å². The van der Waals surface area contributed by atoms with E-state index in [1.54, 1.807) is 12.1 Å². The second-order valence-corrected chi connectivity index (χ2v) is 9.24. The molecule has 1 N–H and O–H groups in total. The van der Waals surface area contributed by atoms with E-state index in [4.69, 9.17) is 14.6 Å². The molecular weight excluding hydrogens is 457 g/mol. The van der Waals surface area contributed by atoms with Gasteiger partial charge in [0, 0.05) is 26.2 Å². The van der Waals surface area contributed by atoms with Crippen molar-refractivity contribution in [3.63, 3.8) is 0 Å². The van der Waals surface area contributed by atoms with Gasteiger partial charge in [0.1, 0.15) is 11.6 Å². The number of ether oxygens (including phenoxy) is 2. The molecule has 1 saturated heterocycles. The van der Waals surface area contributed by atoms with E-state index >= 15 is 0 Å². The molecule has 3 aromatic rings. The number of rotatable bonds is 13. The van der Waals surface area contributed by atoms with Gasteiger partial charge in [-0.3, -0.25) is 4.90 Å². The predicted molar refractivity (Wildman–Crippen MR) is 139 cm³/mol. The molecule has 0 bridgehead atoms. The van der Waals surface area contributed by atoms with Gasteiger partial charge in [-0.05, 0) is 68.5 Å². The number of aliphatic hydroxyl groups is 1. The third-order valence-electron chi connectivity index (χ3n) is 6.42. The van der Waals surface area contributed by atoms with Crippen molar-refractivity contribution in [3.05, 3.63) is 84.3 Å². The standard InChI is InChI=1S/C29H36FN3O3/c1-3-5-12-24(34)19-32(20-26-13-9-18-35-26)21-27-28(4-2)31-33(23-10-7-6-8-11-23)29(27)36-25-16-14-22(30)15-17-25/h3,6-8,10-11,14-17,24,26,34H,1,4-5,9,12-13,18-21H2,2H3/t24-,26+/m1/s1. The molecule has 0 spiro atoms. The van der Waals surface area contributed by atoms with Crippen LogP contribution in [0.2, 0.25) is 0 Å². The van der Waals surface area contributed by atoms with Crippen molar-refractivity contribution in [1.82, 2.24) is 14.7 Å². The van der Waals surface area contributed by atoms with E-state index in [1.165, 1.54) is 12.1 Å². The van der Waals surface area contributed by atoms with E-state index in [0.29, 0.717) is 31.1 Å². The Hall–Kier alpha value is -3.00. The summed E-state index contributed by atoms with van der Waals surface area (Å²) < 4.78 is 27.7. The van der Waals surface area contributed by atoms with Gasteiger partial charge in [0.05, 0.1) is 29.2 Å². The highest BCUT2D eigenvalue weighted by atomic mass is 19.1. The van der Waals surface area contributed by atoms with Crippen molar-refractivity contribution in [2.75, 3.05) is 19.7 Å². The van der Waals surface area contributed by atoms with Crippen LogP contribution in [0.25, 0.3) is 5.69 Å². The summed E-state index contributed by atoms with van der Waals surface area (Å²) in [7, 11) is 0. The SMILES string of the molecule is C=CCC[C@@H](O)CN(Cc1c(CC)nn(-c2ccccc2)c1Oc1ccc(F)cc1)C[C@@H]1CCCO1. The zero-order valence-corrected chi connectivity index (χ0v) is 21.0. The Balaban J connectivity index is 1.69. The summed E-state index contributed by atoms with van der Waals surface area (Å²) in [6, 6.07) is 15.9. The van der Waals surface area contributed by atoms with Crippen LogP contribution < -0.4 is 4.74 Å². The first kappa shape index (κ1) is 26.1. The van der Waals surface area contributed by atoms with Gasteiger partial charge < -0.3 is 14.6 Å². The third kappa shape index (κ3) is 6.81. The largest absolute Gasteiger partial charge is 0.439 e. The molecule has 0 unspecified atom stereocenters. The molecule has 2 heterocycles. The average molecular weight is 494 g/mol. The van der Waals surface area contributed by atoms with Crippen molar-refractivity contribution in [2.45, 2.75) is 57.8 Å². The summed E-state index contributed by atoms with van der Waals surface area (Å²) in [5.74, 6) is 0.821. The highest BCUT2D eigenvalue weighted by Gasteiger charge is 2.26. The summed E-state index contributed by atoms with van der Waals surface area (Å²) >= 11 is 0. The average Bonchev–Trinajstić information content (AvgIpc) is 3.52. The molecule has 2 atom stereocenters. The Labute approximate surface area is 213 Å². The maximum absolute atomic E-state index is 13.6. The first-order valence-electron chi connectivity index (χ1n) is 12.8. The van der Waals surface area contributed by atoms with E-state index in [1.807, 2.05) is 41.1 Å². The lowest BCUT2D eigenvalue weighted by atomic mass is 10.1. The van der Waals surface area contributed by atoms with Crippen LogP contribution in [0.1, 0.15) is 43.9 Å². The minimum Gasteiger partial charge on any atom is -0.439 e. The molecule has 36 heavy (non-hydrogen) atoms. The van der Waals surface area contributed by atoms with Crippen LogP contribution in [-0.4, -0.2) is 51.7 Å². The van der Waals surface area contributed by atoms with Gasteiger partial charge >= 0.3 is 0 Å². The van der Waals surface area contributed by atoms with Crippen LogP contribution in [0.3, 0.4) is 0 Å². The van der Waals surface area contributed by atoms with Crippen molar-refractivity contribution in [2.24, 2.45) is 0 Å². The summed E-state index contributed by atoms with van der Waals surface area (Å²) in [5.41, 5.74) is 2.76. The van der Waals surface area contributed by atoms with Gasteiger partial charge in [0.2, 0.25) is 5.88 Å². The molecule has 1 aliphatic heterocycles. The summed E-state index contributed by atoms with van der Waals surface area (Å²) in [4.78, 5) is 2.24. The van der Waals surface area contributed by atoms with Crippen molar-refractivity contribution in [3.8, 4) is 17.3 Å². The van der Waals surface area contributed by atoms with Crippen LogP contribution >= 0.6 is 0 Å². The number of para-hydroxylation sites is 1. The van der Waals surface area contributed by atoms with Crippen molar-refractivity contribution < 1.29 is 19.0 Å². The highest BCUT2D eigenvalue weighted by Crippen LogP contribution is 2.33. The Morgan fingerprint density at radius 1 is 1.25 bits per heavy atom. The van der Waals surface area contributed by atoms with Crippen LogP contribution in [-0.2, 0) is 17.7 Å². The molecule has 1 aromatic heterocycles. The number of aliphatic hydroxyl groups excluding tert-OH is 1. The summed E-state index contributed by atoms with van der Waals surface area (Å²) in [6.45, 7) is 8.43. The van der Waals surface area contributed by atoms with Gasteiger partial charge in [0.25, 0.3) is 0 Å². The zero-order valence-electron chi connectivity index (χ0n) is 21.0. The van der Waals surface area contributed by atoms with E-state index in [2.05, 4.69) is 18.4 Å². The molecule has 0 radical (unpaired) electrons. The van der Waals surface area contributed by atoms with Crippen LogP contribution in [0.4, 0.5) is 4.39 Å². The van der Waals surface area contributed by atoms with Gasteiger partial charge in [-0.15, -0.1) is 6.58 Å². The number of hydrogen-bond acceptors (Lipinski definition) is 5. The normalized spacial score (nSPS) is 16.4. The molecule has 2 aromatic carbocycles. The Morgan fingerprint density at radius 3 is 2.69 bits per heavy atom. The number of allylic oxidation sites excluding steroid dienone is 1. The van der Waals surface area contributed by atoms with Gasteiger partial charge in [0.15, 0.2) is 0 Å². The zero-order chi connectivity index (χ0) is 25.3. The fourth-order valence-electron chi connectivity index (χ4n) is 4.59. The Bertz CT molecular complexity index is 1090. The molecule has 4 rings (SSSR count). The Morgan fingerprint density at radius 2 is 2.03 bits per heavy atom. The number of aryl methyl sites for hydroxylation is 1. The van der Waals surface area contributed by atoms with Crippen molar-refractivity contribution >= 4 is 0 Å². The minimum absolute atomic E-state index is 0.146. The molecule has 0 aliphatic carbocycles. The quantitative estimate of drug-likeness (QED) is 0.311. The summed E-state index contributed by atoms with van der Waals surface area (Å²) in [6.07, 6.45) is 5.73. The van der Waals surface area contributed by atoms with Crippen LogP contribution in [0, 0.1) is 5.82 Å². The smallest absolute Gasteiger partial charge is 0.227 e. The first-order valence-corrected chi connectivity index (χ1v) is 12.8. The number of aromatic nitrogens is 2. The number of hydrogen-bond donors (Lipinski definition) is 1. The lowest BCUT2D eigenvalue weighted by Crippen LogP contribution is -2.37. The van der Waals surface area contributed by atoms with Crippen LogP contribution in [0.15, 0.2) is 67.3 Å². The first-order chi connectivity index (χ1) is 17.6. The Kier molecular flexibility index (Phi) is 9.28. The molecule has 6 nitrogen and oxygen atoms in total. The molecule has 192 valence electrons. The predicted octanol–water partition coefficient (Wildman–Crippen LogP) is 5.67. The monoisotopic (exact) mass is 493 g/mol. The van der Waals surface area contributed by atoms with E-state index in [-0.39, 0.29) is 11.9 Å². The van der Waals surface area contributed by atoms with Crippen LogP contribution in [0.5, 0.6) is 11.6 Å². The highest BCUT2D eigenvalue weighted by molar-refractivity contribution is 5.43. The van der Waals surface area contributed by atoms with Gasteiger partial charge in [-0.2, -0.15) is 5.10 Å². The van der Waals surface area contributed by atoms with Gasteiger partial charge in [-0.25, -0.2) is 9.07 Å². The second-order valence-electron chi connectivity index (χ2n) is 9.24. The lowest BCUT2D eigenvalue weighted by molar-refractivity contribution is 0.0441. The maximum Gasteiger partial charge on any atom is 0.227 e. The number of nitrogens with zero attached hydrogens (tertiary/aromatic N) is 3. The fourth-order valence-corrected chi connectivity index (χ4v) is 4.59. The minimum atomic E-state index is -0.472. The molecular formula is C29H36FN3O3. The molecule has 0 saturated carbocycles. The molecule has 1 aliphatic rings.